The number of ketones is 1. The Bertz CT molecular complexity index is 1160. The van der Waals surface area contributed by atoms with Crippen molar-refractivity contribution in [3.05, 3.63) is 75.8 Å². The Labute approximate surface area is 180 Å². The molecule has 1 aliphatic rings. The number of amides is 1. The van der Waals surface area contributed by atoms with E-state index in [4.69, 9.17) is 16.3 Å². The van der Waals surface area contributed by atoms with E-state index in [-0.39, 0.29) is 22.8 Å². The molecule has 4 rings (SSSR count). The van der Waals surface area contributed by atoms with Gasteiger partial charge >= 0.3 is 5.91 Å². The molecule has 2 N–H and O–H groups in total. The predicted octanol–water partition coefficient (Wildman–Crippen LogP) is 4.14. The highest BCUT2D eigenvalue weighted by Gasteiger charge is 2.48. The minimum atomic E-state index is -0.957. The number of phenols is 1. The molecule has 0 spiro atoms. The molecule has 1 amide bonds. The van der Waals surface area contributed by atoms with Crippen LogP contribution in [0, 0.1) is 0 Å². The van der Waals surface area contributed by atoms with Gasteiger partial charge in [0.15, 0.2) is 16.6 Å². The number of carbonyl (C=O) groups excluding carboxylic acids is 2. The van der Waals surface area contributed by atoms with Crippen molar-refractivity contribution in [1.82, 2.24) is 4.98 Å². The molecule has 1 aliphatic heterocycles. The molecular formula is C21H15ClN2O5S. The van der Waals surface area contributed by atoms with Crippen molar-refractivity contribution in [3.63, 3.8) is 0 Å². The maximum atomic E-state index is 13.0. The fourth-order valence-electron chi connectivity index (χ4n) is 3.31. The van der Waals surface area contributed by atoms with Crippen molar-refractivity contribution < 1.29 is 24.5 Å². The third-order valence-corrected chi connectivity index (χ3v) is 5.73. The molecule has 7 nitrogen and oxygen atoms in total. The number of thiazole rings is 1. The van der Waals surface area contributed by atoms with Gasteiger partial charge in [-0.15, -0.1) is 11.3 Å². The second-order valence-electron chi connectivity index (χ2n) is 6.42. The Morgan fingerprint density at radius 3 is 2.57 bits per heavy atom. The van der Waals surface area contributed by atoms with Crippen molar-refractivity contribution in [1.29, 1.82) is 0 Å². The topological polar surface area (TPSA) is 100.0 Å². The van der Waals surface area contributed by atoms with Crippen LogP contribution >= 0.6 is 22.9 Å². The highest BCUT2D eigenvalue weighted by molar-refractivity contribution is 7.14. The highest BCUT2D eigenvalue weighted by atomic mass is 35.5. The Hall–Kier alpha value is -3.36. The Morgan fingerprint density at radius 1 is 1.20 bits per heavy atom. The number of ether oxygens (including phenoxy) is 1. The first-order valence-electron chi connectivity index (χ1n) is 8.75. The van der Waals surface area contributed by atoms with Gasteiger partial charge in [0.2, 0.25) is 0 Å². The number of hydrogen-bond donors (Lipinski definition) is 2. The van der Waals surface area contributed by atoms with Crippen LogP contribution in [0.3, 0.4) is 0 Å². The number of phenolic OH excluding ortho intramolecular Hbond substituents is 1. The van der Waals surface area contributed by atoms with Crippen LogP contribution < -0.4 is 9.64 Å². The molecule has 152 valence electrons. The van der Waals surface area contributed by atoms with Gasteiger partial charge in [0, 0.05) is 22.2 Å². The first-order chi connectivity index (χ1) is 14.4. The zero-order valence-electron chi connectivity index (χ0n) is 15.6. The number of halogens is 1. The number of aliphatic hydroxyl groups excluding tert-OH is 1. The van der Waals surface area contributed by atoms with Crippen molar-refractivity contribution >= 4 is 45.5 Å². The monoisotopic (exact) mass is 442 g/mol. The van der Waals surface area contributed by atoms with Gasteiger partial charge in [0.05, 0.1) is 18.7 Å². The average Bonchev–Trinajstić information content (AvgIpc) is 3.35. The van der Waals surface area contributed by atoms with Gasteiger partial charge in [-0.25, -0.2) is 4.98 Å². The Balaban J connectivity index is 1.95. The number of aromatic hydroxyl groups is 1. The fraction of sp³-hybridized carbons (Fsp3) is 0.0952. The summed E-state index contributed by atoms with van der Waals surface area (Å²) in [5.74, 6) is -1.90. The highest BCUT2D eigenvalue weighted by Crippen LogP contribution is 2.44. The lowest BCUT2D eigenvalue weighted by molar-refractivity contribution is -0.132. The third-order valence-electron chi connectivity index (χ3n) is 4.71. The van der Waals surface area contributed by atoms with E-state index in [0.29, 0.717) is 21.3 Å². The van der Waals surface area contributed by atoms with Crippen molar-refractivity contribution in [2.45, 2.75) is 6.04 Å². The minimum Gasteiger partial charge on any atom is -0.507 e. The molecule has 0 saturated carbocycles. The molecule has 2 heterocycles. The van der Waals surface area contributed by atoms with Crippen LogP contribution in [0.5, 0.6) is 11.5 Å². The maximum absolute atomic E-state index is 13.0. The zero-order chi connectivity index (χ0) is 21.4. The molecule has 30 heavy (non-hydrogen) atoms. The van der Waals surface area contributed by atoms with E-state index >= 15 is 0 Å². The first-order valence-corrected chi connectivity index (χ1v) is 10.0. The molecule has 9 heteroatoms. The molecule has 1 saturated heterocycles. The Kier molecular flexibility index (Phi) is 5.19. The number of carbonyl (C=O) groups is 2. The summed E-state index contributed by atoms with van der Waals surface area (Å²) in [6.45, 7) is 0. The molecule has 1 aromatic heterocycles. The SMILES string of the molecule is COc1cc(C2/C(=C(\O)c3ccc(Cl)cc3)C(=O)C(=O)N2c2nccs2)ccc1O. The van der Waals surface area contributed by atoms with Gasteiger partial charge in [-0.1, -0.05) is 17.7 Å². The predicted molar refractivity (Wildman–Crippen MR) is 113 cm³/mol. The number of hydrogen-bond acceptors (Lipinski definition) is 7. The molecule has 1 fully saturated rings. The summed E-state index contributed by atoms with van der Waals surface area (Å²) in [5.41, 5.74) is 0.715. The number of aliphatic hydroxyl groups is 1. The molecule has 0 radical (unpaired) electrons. The van der Waals surface area contributed by atoms with Crippen molar-refractivity contribution in [2.24, 2.45) is 0 Å². The van der Waals surface area contributed by atoms with Crippen LogP contribution in [-0.4, -0.2) is 34.0 Å². The Morgan fingerprint density at radius 2 is 1.93 bits per heavy atom. The lowest BCUT2D eigenvalue weighted by Gasteiger charge is -2.23. The number of anilines is 1. The van der Waals surface area contributed by atoms with Crippen LogP contribution in [0.25, 0.3) is 5.76 Å². The number of aromatic nitrogens is 1. The normalized spacial score (nSPS) is 18.1. The number of rotatable bonds is 4. The molecule has 2 aromatic carbocycles. The lowest BCUT2D eigenvalue weighted by Crippen LogP contribution is -2.29. The molecular weight excluding hydrogens is 428 g/mol. The number of methoxy groups -OCH3 is 1. The minimum absolute atomic E-state index is 0.0923. The molecule has 1 unspecified atom stereocenters. The van der Waals surface area contributed by atoms with Crippen LogP contribution in [0.15, 0.2) is 59.6 Å². The van der Waals surface area contributed by atoms with Gasteiger partial charge in [0.1, 0.15) is 5.76 Å². The third kappa shape index (κ3) is 3.30. The van der Waals surface area contributed by atoms with E-state index < -0.39 is 17.7 Å². The summed E-state index contributed by atoms with van der Waals surface area (Å²) in [6, 6.07) is 9.79. The van der Waals surface area contributed by atoms with Crippen LogP contribution in [0.4, 0.5) is 5.13 Å². The fourth-order valence-corrected chi connectivity index (χ4v) is 4.10. The lowest BCUT2D eigenvalue weighted by atomic mass is 9.95. The van der Waals surface area contributed by atoms with E-state index in [0.717, 1.165) is 0 Å². The standard InChI is InChI=1S/C21H15ClN2O5S/c1-29-15-10-12(4-7-14(15)25)17-16(18(26)11-2-5-13(22)6-3-11)19(27)20(28)24(17)21-23-8-9-30-21/h2-10,17,25-26H,1H3/b18-16+. The number of benzene rings is 2. The summed E-state index contributed by atoms with van der Waals surface area (Å²) in [4.78, 5) is 31.3. The largest absolute Gasteiger partial charge is 0.507 e. The van der Waals surface area contributed by atoms with Gasteiger partial charge < -0.3 is 14.9 Å². The summed E-state index contributed by atoms with van der Waals surface area (Å²) >= 11 is 7.11. The second kappa shape index (κ2) is 7.81. The van der Waals surface area contributed by atoms with Crippen molar-refractivity contribution in [3.8, 4) is 11.5 Å². The van der Waals surface area contributed by atoms with E-state index in [2.05, 4.69) is 4.98 Å². The molecule has 3 aromatic rings. The van der Waals surface area contributed by atoms with Crippen LogP contribution in [-0.2, 0) is 9.59 Å². The molecule has 1 atom stereocenters. The van der Waals surface area contributed by atoms with E-state index in [9.17, 15) is 19.8 Å². The van der Waals surface area contributed by atoms with Gasteiger partial charge in [-0.3, -0.25) is 14.5 Å². The molecule has 0 aliphatic carbocycles. The average molecular weight is 443 g/mol. The van der Waals surface area contributed by atoms with E-state index in [1.54, 1.807) is 35.7 Å². The smallest absolute Gasteiger partial charge is 0.301 e. The van der Waals surface area contributed by atoms with Crippen LogP contribution in [0.1, 0.15) is 17.2 Å². The van der Waals surface area contributed by atoms with Gasteiger partial charge in [-0.05, 0) is 42.0 Å². The van der Waals surface area contributed by atoms with Gasteiger partial charge in [0.25, 0.3) is 5.78 Å². The number of Topliss-reactive ketones (excluding diaryl/α,β-unsaturated/α-hetero) is 1. The summed E-state index contributed by atoms with van der Waals surface area (Å²) < 4.78 is 5.17. The summed E-state index contributed by atoms with van der Waals surface area (Å²) in [6.07, 6.45) is 1.52. The van der Waals surface area contributed by atoms with Crippen molar-refractivity contribution in [2.75, 3.05) is 12.0 Å². The van der Waals surface area contributed by atoms with Gasteiger partial charge in [-0.2, -0.15) is 0 Å². The summed E-state index contributed by atoms with van der Waals surface area (Å²) in [7, 11) is 1.39. The maximum Gasteiger partial charge on any atom is 0.301 e. The first kappa shape index (κ1) is 19.9. The van der Waals surface area contributed by atoms with E-state index in [1.165, 1.54) is 41.7 Å². The number of nitrogens with zero attached hydrogens (tertiary/aromatic N) is 2. The molecule has 0 bridgehead atoms. The van der Waals surface area contributed by atoms with E-state index in [1.807, 2.05) is 0 Å². The van der Waals surface area contributed by atoms with Crippen LogP contribution in [0.2, 0.25) is 5.02 Å². The second-order valence-corrected chi connectivity index (χ2v) is 7.73. The summed E-state index contributed by atoms with van der Waals surface area (Å²) in [5, 5.41) is 23.4. The zero-order valence-corrected chi connectivity index (χ0v) is 17.1. The quantitative estimate of drug-likeness (QED) is 0.358.